The van der Waals surface area contributed by atoms with E-state index in [0.29, 0.717) is 5.54 Å². The van der Waals surface area contributed by atoms with E-state index in [-0.39, 0.29) is 0 Å². The highest BCUT2D eigenvalue weighted by molar-refractivity contribution is 6.30. The molecule has 0 aromatic carbocycles. The van der Waals surface area contributed by atoms with Crippen LogP contribution in [0.25, 0.3) is 0 Å². The standard InChI is InChI=1S/C16H24ClN3/c1-10-14(15(17)20(2)19-10)9-18-16-6-11-3-12(7-16)5-13(4-11)8-16/h11-13,18H,3-9H2,1-2H3. The summed E-state index contributed by atoms with van der Waals surface area (Å²) in [6, 6.07) is 0. The Balaban J connectivity index is 1.52. The lowest BCUT2D eigenvalue weighted by Gasteiger charge is -2.57. The third kappa shape index (κ3) is 2.01. The monoisotopic (exact) mass is 293 g/mol. The fraction of sp³-hybridized carbons (Fsp3) is 0.812. The summed E-state index contributed by atoms with van der Waals surface area (Å²) in [4.78, 5) is 0. The van der Waals surface area contributed by atoms with E-state index in [1.54, 1.807) is 4.68 Å². The number of hydrogen-bond acceptors (Lipinski definition) is 2. The molecule has 0 aliphatic heterocycles. The molecule has 1 aromatic rings. The van der Waals surface area contributed by atoms with E-state index in [4.69, 9.17) is 11.6 Å². The molecular weight excluding hydrogens is 270 g/mol. The van der Waals surface area contributed by atoms with Crippen molar-refractivity contribution in [3.05, 3.63) is 16.4 Å². The number of aryl methyl sites for hydroxylation is 2. The Labute approximate surface area is 126 Å². The molecule has 4 saturated carbocycles. The van der Waals surface area contributed by atoms with Gasteiger partial charge in [-0.1, -0.05) is 11.6 Å². The smallest absolute Gasteiger partial charge is 0.131 e. The number of nitrogens with one attached hydrogen (secondary N) is 1. The van der Waals surface area contributed by atoms with Crippen LogP contribution < -0.4 is 5.32 Å². The Morgan fingerprint density at radius 2 is 1.75 bits per heavy atom. The van der Waals surface area contributed by atoms with Crippen LogP contribution in [0, 0.1) is 24.7 Å². The molecule has 5 rings (SSSR count). The second kappa shape index (κ2) is 4.48. The molecule has 1 aromatic heterocycles. The Kier molecular flexibility index (Phi) is 2.94. The molecule has 4 heteroatoms. The summed E-state index contributed by atoms with van der Waals surface area (Å²) in [6.07, 6.45) is 8.64. The van der Waals surface area contributed by atoms with Gasteiger partial charge in [-0.25, -0.2) is 0 Å². The van der Waals surface area contributed by atoms with E-state index in [1.165, 1.54) is 44.1 Å². The predicted molar refractivity (Wildman–Crippen MR) is 80.7 cm³/mol. The highest BCUT2D eigenvalue weighted by Crippen LogP contribution is 2.55. The molecule has 0 radical (unpaired) electrons. The maximum absolute atomic E-state index is 6.36. The van der Waals surface area contributed by atoms with Gasteiger partial charge in [-0.15, -0.1) is 0 Å². The van der Waals surface area contributed by atoms with Gasteiger partial charge in [-0.2, -0.15) is 5.10 Å². The molecule has 1 heterocycles. The summed E-state index contributed by atoms with van der Waals surface area (Å²) in [7, 11) is 1.92. The Bertz CT molecular complexity index is 499. The average Bonchev–Trinajstić information content (AvgIpc) is 2.59. The number of halogens is 1. The van der Waals surface area contributed by atoms with Crippen LogP contribution >= 0.6 is 11.6 Å². The van der Waals surface area contributed by atoms with Crippen molar-refractivity contribution in [1.29, 1.82) is 0 Å². The minimum Gasteiger partial charge on any atom is -0.307 e. The number of aromatic nitrogens is 2. The highest BCUT2D eigenvalue weighted by Gasteiger charge is 2.50. The second-order valence-corrected chi connectivity index (χ2v) is 7.89. The van der Waals surface area contributed by atoms with Crippen LogP contribution in [0.2, 0.25) is 5.15 Å². The first kappa shape index (κ1) is 13.1. The van der Waals surface area contributed by atoms with Gasteiger partial charge in [0, 0.05) is 24.7 Å². The Morgan fingerprint density at radius 1 is 1.20 bits per heavy atom. The molecule has 4 aliphatic carbocycles. The van der Waals surface area contributed by atoms with Crippen molar-refractivity contribution in [3.63, 3.8) is 0 Å². The molecule has 0 amide bonds. The molecule has 0 saturated heterocycles. The molecule has 110 valence electrons. The highest BCUT2D eigenvalue weighted by atomic mass is 35.5. The average molecular weight is 294 g/mol. The van der Waals surface area contributed by atoms with Crippen molar-refractivity contribution in [2.75, 3.05) is 0 Å². The molecule has 4 bridgehead atoms. The molecule has 0 spiro atoms. The van der Waals surface area contributed by atoms with Crippen LogP contribution in [-0.2, 0) is 13.6 Å². The van der Waals surface area contributed by atoms with E-state index in [2.05, 4.69) is 17.3 Å². The van der Waals surface area contributed by atoms with Crippen LogP contribution in [0.1, 0.15) is 49.8 Å². The first-order valence-corrected chi connectivity index (χ1v) is 8.35. The first-order valence-electron chi connectivity index (χ1n) is 7.98. The van der Waals surface area contributed by atoms with Crippen LogP contribution in [-0.4, -0.2) is 15.3 Å². The minimum atomic E-state index is 0.403. The van der Waals surface area contributed by atoms with Crippen LogP contribution in [0.15, 0.2) is 0 Å². The molecule has 1 N–H and O–H groups in total. The molecule has 20 heavy (non-hydrogen) atoms. The van der Waals surface area contributed by atoms with Gasteiger partial charge in [0.2, 0.25) is 0 Å². The summed E-state index contributed by atoms with van der Waals surface area (Å²) < 4.78 is 1.79. The number of nitrogens with zero attached hydrogens (tertiary/aromatic N) is 2. The third-order valence-corrected chi connectivity index (χ3v) is 6.42. The summed E-state index contributed by atoms with van der Waals surface area (Å²) in [6.45, 7) is 2.94. The Morgan fingerprint density at radius 3 is 2.20 bits per heavy atom. The topological polar surface area (TPSA) is 29.9 Å². The summed E-state index contributed by atoms with van der Waals surface area (Å²) in [5.41, 5.74) is 2.65. The van der Waals surface area contributed by atoms with Gasteiger partial charge in [-0.05, 0) is 63.2 Å². The van der Waals surface area contributed by atoms with Crippen LogP contribution in [0.3, 0.4) is 0 Å². The van der Waals surface area contributed by atoms with E-state index in [0.717, 1.165) is 35.1 Å². The van der Waals surface area contributed by atoms with E-state index in [9.17, 15) is 0 Å². The summed E-state index contributed by atoms with van der Waals surface area (Å²) in [5, 5.41) is 9.11. The van der Waals surface area contributed by atoms with Gasteiger partial charge in [0.25, 0.3) is 0 Å². The van der Waals surface area contributed by atoms with Crippen molar-refractivity contribution < 1.29 is 0 Å². The Hall–Kier alpha value is -0.540. The summed E-state index contributed by atoms with van der Waals surface area (Å²) in [5.74, 6) is 2.96. The zero-order valence-electron chi connectivity index (χ0n) is 12.5. The van der Waals surface area contributed by atoms with E-state index >= 15 is 0 Å². The van der Waals surface area contributed by atoms with Gasteiger partial charge in [0.05, 0.1) is 5.69 Å². The second-order valence-electron chi connectivity index (χ2n) is 7.53. The third-order valence-electron chi connectivity index (χ3n) is 5.95. The molecule has 3 nitrogen and oxygen atoms in total. The fourth-order valence-electron chi connectivity index (χ4n) is 5.48. The molecular formula is C16H24ClN3. The number of hydrogen-bond donors (Lipinski definition) is 1. The molecule has 4 aliphatic rings. The lowest BCUT2D eigenvalue weighted by Crippen LogP contribution is -2.58. The van der Waals surface area contributed by atoms with Crippen molar-refractivity contribution >= 4 is 11.6 Å². The maximum Gasteiger partial charge on any atom is 0.131 e. The van der Waals surface area contributed by atoms with Gasteiger partial charge in [0.15, 0.2) is 0 Å². The maximum atomic E-state index is 6.36. The van der Waals surface area contributed by atoms with Crippen LogP contribution in [0.5, 0.6) is 0 Å². The fourth-order valence-corrected chi connectivity index (χ4v) is 5.72. The van der Waals surface area contributed by atoms with Gasteiger partial charge in [0.1, 0.15) is 5.15 Å². The van der Waals surface area contributed by atoms with Crippen molar-refractivity contribution in [1.82, 2.24) is 15.1 Å². The SMILES string of the molecule is Cc1nn(C)c(Cl)c1CNC12CC3CC(CC(C3)C1)C2. The molecule has 0 atom stereocenters. The first-order chi connectivity index (χ1) is 9.55. The van der Waals surface area contributed by atoms with E-state index in [1.807, 2.05) is 7.05 Å². The minimum absolute atomic E-state index is 0.403. The normalized spacial score (nSPS) is 38.6. The van der Waals surface area contributed by atoms with Gasteiger partial charge in [-0.3, -0.25) is 4.68 Å². The van der Waals surface area contributed by atoms with E-state index < -0.39 is 0 Å². The molecule has 0 unspecified atom stereocenters. The largest absolute Gasteiger partial charge is 0.307 e. The lowest BCUT2D eigenvalue weighted by atomic mass is 9.53. The quantitative estimate of drug-likeness (QED) is 0.925. The zero-order valence-corrected chi connectivity index (χ0v) is 13.2. The van der Waals surface area contributed by atoms with Crippen molar-refractivity contribution in [2.24, 2.45) is 24.8 Å². The zero-order chi connectivity index (χ0) is 13.9. The van der Waals surface area contributed by atoms with Gasteiger partial charge >= 0.3 is 0 Å². The lowest BCUT2D eigenvalue weighted by molar-refractivity contribution is -0.0206. The van der Waals surface area contributed by atoms with Gasteiger partial charge < -0.3 is 5.32 Å². The van der Waals surface area contributed by atoms with Crippen molar-refractivity contribution in [2.45, 2.75) is 57.5 Å². The summed E-state index contributed by atoms with van der Waals surface area (Å²) >= 11 is 6.36. The predicted octanol–water partition coefficient (Wildman–Crippen LogP) is 3.44. The van der Waals surface area contributed by atoms with Crippen LogP contribution in [0.4, 0.5) is 0 Å². The number of rotatable bonds is 3. The van der Waals surface area contributed by atoms with Crippen molar-refractivity contribution in [3.8, 4) is 0 Å². The molecule has 4 fully saturated rings.